The topological polar surface area (TPSA) is 179 Å². The molecule has 2 rings (SSSR count). The second-order valence-electron chi connectivity index (χ2n) is 10.9. The summed E-state index contributed by atoms with van der Waals surface area (Å²) in [6.07, 6.45) is -0.717. The highest BCUT2D eigenvalue weighted by atomic mass is 16.7. The van der Waals surface area contributed by atoms with Gasteiger partial charge in [0.25, 0.3) is 0 Å². The lowest BCUT2D eigenvalue weighted by Gasteiger charge is -2.51. The second-order valence-corrected chi connectivity index (χ2v) is 10.9. The zero-order valence-corrected chi connectivity index (χ0v) is 22.6. The Bertz CT molecular complexity index is 640. The summed E-state index contributed by atoms with van der Waals surface area (Å²) in [6.45, 7) is 3.99. The van der Waals surface area contributed by atoms with E-state index in [4.69, 9.17) is 18.9 Å². The Balaban J connectivity index is 1.85. The Morgan fingerprint density at radius 3 is 1.65 bits per heavy atom. The second kappa shape index (κ2) is 15.4. The lowest BCUT2D eigenvalue weighted by molar-refractivity contribution is -0.390. The SMILES string of the molecule is CCCCCCCCCCCCO[C@@H]1OC(C)(CO)[C@@H](O[C@@H]2OC(C)(CO)[C@@H](O)[C@H](O)C2O)[C@H](O)C1O. The van der Waals surface area contributed by atoms with Gasteiger partial charge in [0.1, 0.15) is 47.8 Å². The molecule has 11 nitrogen and oxygen atoms in total. The van der Waals surface area contributed by atoms with E-state index in [-0.39, 0.29) is 0 Å². The van der Waals surface area contributed by atoms with E-state index in [1.54, 1.807) is 0 Å². The summed E-state index contributed by atoms with van der Waals surface area (Å²) in [5, 5.41) is 71.9. The van der Waals surface area contributed by atoms with Crippen LogP contribution in [0.1, 0.15) is 85.0 Å². The Kier molecular flexibility index (Phi) is 13.6. The van der Waals surface area contributed by atoms with E-state index in [9.17, 15) is 35.7 Å². The zero-order chi connectivity index (χ0) is 27.6. The Labute approximate surface area is 220 Å². The molecule has 2 aliphatic heterocycles. The number of unbranched alkanes of at least 4 members (excludes halogenated alkanes) is 9. The van der Waals surface area contributed by atoms with E-state index in [1.165, 1.54) is 58.8 Å². The minimum Gasteiger partial charge on any atom is -0.393 e. The van der Waals surface area contributed by atoms with E-state index in [0.717, 1.165) is 19.3 Å². The molecule has 37 heavy (non-hydrogen) atoms. The number of aliphatic hydroxyl groups excluding tert-OH is 7. The molecular weight excluding hydrogens is 488 g/mol. The van der Waals surface area contributed by atoms with Gasteiger partial charge in [-0.15, -0.1) is 0 Å². The van der Waals surface area contributed by atoms with Crippen LogP contribution >= 0.6 is 0 Å². The van der Waals surface area contributed by atoms with Crippen LogP contribution in [0.15, 0.2) is 0 Å². The fourth-order valence-corrected chi connectivity index (χ4v) is 4.87. The first kappa shape index (κ1) is 32.8. The molecule has 0 aromatic carbocycles. The molecule has 2 saturated heterocycles. The summed E-state index contributed by atoms with van der Waals surface area (Å²) in [7, 11) is 0. The highest BCUT2D eigenvalue weighted by molar-refractivity contribution is 5.01. The molecule has 10 atom stereocenters. The summed E-state index contributed by atoms with van der Waals surface area (Å²) in [6, 6.07) is 0. The molecule has 0 spiro atoms. The van der Waals surface area contributed by atoms with Crippen LogP contribution < -0.4 is 0 Å². The third-order valence-corrected chi connectivity index (χ3v) is 7.58. The average molecular weight is 539 g/mol. The van der Waals surface area contributed by atoms with Gasteiger partial charge in [-0.1, -0.05) is 64.7 Å². The van der Waals surface area contributed by atoms with Crippen molar-refractivity contribution in [2.45, 2.75) is 145 Å². The van der Waals surface area contributed by atoms with Crippen molar-refractivity contribution in [3.63, 3.8) is 0 Å². The third-order valence-electron chi connectivity index (χ3n) is 7.58. The molecule has 0 bridgehead atoms. The molecule has 11 heteroatoms. The van der Waals surface area contributed by atoms with Crippen molar-refractivity contribution in [1.29, 1.82) is 0 Å². The molecule has 0 saturated carbocycles. The van der Waals surface area contributed by atoms with Gasteiger partial charge in [-0.25, -0.2) is 0 Å². The van der Waals surface area contributed by atoms with Crippen LogP contribution in [0.3, 0.4) is 0 Å². The van der Waals surface area contributed by atoms with Crippen LogP contribution in [0.2, 0.25) is 0 Å². The minimum atomic E-state index is -1.73. The lowest BCUT2D eigenvalue weighted by Crippen LogP contribution is -2.70. The minimum absolute atomic E-state index is 0.307. The quantitative estimate of drug-likeness (QED) is 0.135. The van der Waals surface area contributed by atoms with E-state index in [1.807, 2.05) is 0 Å². The van der Waals surface area contributed by atoms with Gasteiger partial charge < -0.3 is 54.7 Å². The van der Waals surface area contributed by atoms with Crippen molar-refractivity contribution in [3.05, 3.63) is 0 Å². The molecule has 0 amide bonds. The molecule has 0 aromatic rings. The maximum Gasteiger partial charge on any atom is 0.187 e. The standard InChI is InChI=1S/C26H50O11/c1-4-5-6-7-8-9-10-11-12-13-14-34-23-20(32)18(30)22(26(3,16-28)36-23)35-24-19(31)17(29)21(33)25(2,15-27)37-24/h17-24,27-33H,4-16H2,1-3H3/t17-,18-,19?,20?,21+,22+,23-,24-,25?,26?/m1/s1. The van der Waals surface area contributed by atoms with Gasteiger partial charge in [-0.3, -0.25) is 0 Å². The van der Waals surface area contributed by atoms with Crippen LogP contribution in [-0.4, -0.2) is 116 Å². The van der Waals surface area contributed by atoms with Gasteiger partial charge in [0.2, 0.25) is 0 Å². The first-order valence-corrected chi connectivity index (χ1v) is 13.8. The normalized spacial score (nSPS) is 40.7. The number of aliphatic hydroxyl groups is 7. The first-order chi connectivity index (χ1) is 17.5. The highest BCUT2D eigenvalue weighted by Crippen LogP contribution is 2.37. The van der Waals surface area contributed by atoms with E-state index < -0.39 is 73.6 Å². The van der Waals surface area contributed by atoms with Crippen LogP contribution in [0.5, 0.6) is 0 Å². The van der Waals surface area contributed by atoms with Gasteiger partial charge >= 0.3 is 0 Å². The first-order valence-electron chi connectivity index (χ1n) is 13.8. The van der Waals surface area contributed by atoms with Crippen molar-refractivity contribution in [2.75, 3.05) is 19.8 Å². The Morgan fingerprint density at radius 2 is 1.11 bits per heavy atom. The fourth-order valence-electron chi connectivity index (χ4n) is 4.87. The van der Waals surface area contributed by atoms with Crippen molar-refractivity contribution >= 4 is 0 Å². The maximum absolute atomic E-state index is 10.8. The number of hydrogen-bond acceptors (Lipinski definition) is 11. The summed E-state index contributed by atoms with van der Waals surface area (Å²) in [5.41, 5.74) is -3.21. The molecular formula is C26H50O11. The molecule has 4 unspecified atom stereocenters. The summed E-state index contributed by atoms with van der Waals surface area (Å²) in [4.78, 5) is 0. The van der Waals surface area contributed by atoms with Crippen LogP contribution in [0.25, 0.3) is 0 Å². The summed E-state index contributed by atoms with van der Waals surface area (Å²) < 4.78 is 22.7. The Morgan fingerprint density at radius 1 is 0.622 bits per heavy atom. The molecule has 2 aliphatic rings. The van der Waals surface area contributed by atoms with Gasteiger partial charge in [-0.05, 0) is 20.3 Å². The molecule has 2 fully saturated rings. The third kappa shape index (κ3) is 8.52. The highest BCUT2D eigenvalue weighted by Gasteiger charge is 2.57. The molecule has 220 valence electrons. The van der Waals surface area contributed by atoms with E-state index in [2.05, 4.69) is 6.92 Å². The Hall–Kier alpha value is -0.440. The van der Waals surface area contributed by atoms with Crippen LogP contribution in [-0.2, 0) is 18.9 Å². The molecule has 2 heterocycles. The number of rotatable bonds is 16. The zero-order valence-electron chi connectivity index (χ0n) is 22.6. The predicted octanol–water partition coefficient (Wildman–Crippen LogP) is 0.328. The monoisotopic (exact) mass is 538 g/mol. The number of hydrogen-bond donors (Lipinski definition) is 7. The smallest absolute Gasteiger partial charge is 0.187 e. The summed E-state index contributed by atoms with van der Waals surface area (Å²) in [5.74, 6) is 0. The fraction of sp³-hybridized carbons (Fsp3) is 1.00. The largest absolute Gasteiger partial charge is 0.393 e. The molecule has 0 aliphatic carbocycles. The molecule has 7 N–H and O–H groups in total. The average Bonchev–Trinajstić information content (AvgIpc) is 2.89. The summed E-state index contributed by atoms with van der Waals surface area (Å²) >= 11 is 0. The van der Waals surface area contributed by atoms with Gasteiger partial charge in [-0.2, -0.15) is 0 Å². The van der Waals surface area contributed by atoms with E-state index >= 15 is 0 Å². The van der Waals surface area contributed by atoms with Gasteiger partial charge in [0.15, 0.2) is 12.6 Å². The van der Waals surface area contributed by atoms with Crippen LogP contribution in [0, 0.1) is 0 Å². The molecule has 0 radical (unpaired) electrons. The van der Waals surface area contributed by atoms with Crippen molar-refractivity contribution in [1.82, 2.24) is 0 Å². The predicted molar refractivity (Wildman–Crippen MR) is 133 cm³/mol. The van der Waals surface area contributed by atoms with Crippen molar-refractivity contribution in [3.8, 4) is 0 Å². The van der Waals surface area contributed by atoms with Crippen LogP contribution in [0.4, 0.5) is 0 Å². The number of ether oxygens (including phenoxy) is 4. The maximum atomic E-state index is 10.8. The van der Waals surface area contributed by atoms with Gasteiger partial charge in [0.05, 0.1) is 13.2 Å². The van der Waals surface area contributed by atoms with Crippen molar-refractivity contribution < 1.29 is 54.7 Å². The van der Waals surface area contributed by atoms with E-state index in [0.29, 0.717) is 6.61 Å². The van der Waals surface area contributed by atoms with Gasteiger partial charge in [0, 0.05) is 6.61 Å². The molecule has 0 aromatic heterocycles. The van der Waals surface area contributed by atoms with Crippen molar-refractivity contribution in [2.24, 2.45) is 0 Å². The lowest BCUT2D eigenvalue weighted by atomic mass is 9.87.